The van der Waals surface area contributed by atoms with Gasteiger partial charge in [0.1, 0.15) is 12.1 Å². The highest BCUT2D eigenvalue weighted by Gasteiger charge is 2.06. The number of hydrogen-bond acceptors (Lipinski definition) is 4. The molecule has 0 aliphatic heterocycles. The van der Waals surface area contributed by atoms with E-state index < -0.39 is 5.82 Å². The fourth-order valence-electron chi connectivity index (χ4n) is 2.05. The molecule has 0 saturated carbocycles. The minimum absolute atomic E-state index is 0.0906. The van der Waals surface area contributed by atoms with Gasteiger partial charge in [0.2, 0.25) is 5.91 Å². The van der Waals surface area contributed by atoms with Crippen molar-refractivity contribution in [1.29, 1.82) is 0 Å². The lowest BCUT2D eigenvalue weighted by Gasteiger charge is -2.08. The summed E-state index contributed by atoms with van der Waals surface area (Å²) in [5.74, 6) is 0.158. The van der Waals surface area contributed by atoms with Crippen molar-refractivity contribution in [2.24, 2.45) is 0 Å². The molecule has 2 aromatic heterocycles. The second-order valence-corrected chi connectivity index (χ2v) is 4.95. The van der Waals surface area contributed by atoms with Crippen molar-refractivity contribution in [3.05, 3.63) is 67.1 Å². The number of halogens is 1. The first kappa shape index (κ1) is 15.7. The Bertz CT molecular complexity index is 804. The summed E-state index contributed by atoms with van der Waals surface area (Å²) in [6.45, 7) is 0.0906. The molecule has 7 heteroatoms. The number of carbonyl (C=O) groups is 1. The van der Waals surface area contributed by atoms with Crippen LogP contribution in [-0.2, 0) is 4.79 Å². The zero-order chi connectivity index (χ0) is 16.8. The Morgan fingerprint density at radius 3 is 2.83 bits per heavy atom. The maximum atomic E-state index is 13.4. The molecule has 1 aromatic carbocycles. The van der Waals surface area contributed by atoms with Gasteiger partial charge in [-0.1, -0.05) is 12.1 Å². The molecule has 122 valence electrons. The summed E-state index contributed by atoms with van der Waals surface area (Å²) in [5, 5.41) is 2.72. The summed E-state index contributed by atoms with van der Waals surface area (Å²) in [6.07, 6.45) is 6.75. The number of rotatable bonds is 6. The van der Waals surface area contributed by atoms with E-state index in [1.807, 2.05) is 0 Å². The number of nitrogens with one attached hydrogen (secondary N) is 1. The van der Waals surface area contributed by atoms with Crippen molar-refractivity contribution in [3.63, 3.8) is 0 Å². The molecule has 0 bridgehead atoms. The Balaban J connectivity index is 1.49. The number of anilines is 1. The van der Waals surface area contributed by atoms with E-state index in [0.717, 1.165) is 0 Å². The summed E-state index contributed by atoms with van der Waals surface area (Å²) >= 11 is 0. The number of para-hydroxylation sites is 1. The van der Waals surface area contributed by atoms with Gasteiger partial charge >= 0.3 is 0 Å². The Kier molecular flexibility index (Phi) is 4.81. The molecule has 6 nitrogen and oxygen atoms in total. The molecule has 3 rings (SSSR count). The molecule has 0 unspecified atom stereocenters. The number of nitrogens with zero attached hydrogens (tertiary/aromatic N) is 3. The zero-order valence-electron chi connectivity index (χ0n) is 12.7. The first-order chi connectivity index (χ1) is 11.7. The number of benzene rings is 1. The largest absolute Gasteiger partial charge is 0.490 e. The molecular weight excluding hydrogens is 311 g/mol. The summed E-state index contributed by atoms with van der Waals surface area (Å²) < 4.78 is 20.4. The molecule has 0 aliphatic carbocycles. The molecular formula is C17H15FN4O2. The van der Waals surface area contributed by atoms with Crippen molar-refractivity contribution >= 4 is 11.6 Å². The van der Waals surface area contributed by atoms with Gasteiger partial charge in [0.25, 0.3) is 0 Å². The SMILES string of the molecule is O=C(CCOc1ccccc1F)Nc1ccc(-n2ccnc2)nc1. The highest BCUT2D eigenvalue weighted by molar-refractivity contribution is 5.90. The van der Waals surface area contributed by atoms with Gasteiger partial charge in [-0.3, -0.25) is 9.36 Å². The first-order valence-electron chi connectivity index (χ1n) is 7.34. The maximum absolute atomic E-state index is 13.4. The zero-order valence-corrected chi connectivity index (χ0v) is 12.7. The van der Waals surface area contributed by atoms with Crippen LogP contribution < -0.4 is 10.1 Å². The molecule has 3 aromatic rings. The van der Waals surface area contributed by atoms with Crippen molar-refractivity contribution in [2.45, 2.75) is 6.42 Å². The lowest BCUT2D eigenvalue weighted by molar-refractivity contribution is -0.116. The van der Waals surface area contributed by atoms with E-state index in [2.05, 4.69) is 15.3 Å². The van der Waals surface area contributed by atoms with Crippen molar-refractivity contribution in [1.82, 2.24) is 14.5 Å². The molecule has 0 aliphatic rings. The summed E-state index contributed by atoms with van der Waals surface area (Å²) in [6, 6.07) is 9.60. The minimum atomic E-state index is -0.447. The minimum Gasteiger partial charge on any atom is -0.490 e. The highest BCUT2D eigenvalue weighted by Crippen LogP contribution is 2.15. The second kappa shape index (κ2) is 7.36. The van der Waals surface area contributed by atoms with Crippen LogP contribution in [0.15, 0.2) is 61.3 Å². The van der Waals surface area contributed by atoms with Gasteiger partial charge < -0.3 is 10.1 Å². The number of amides is 1. The van der Waals surface area contributed by atoms with E-state index in [0.29, 0.717) is 11.5 Å². The molecule has 2 heterocycles. The average Bonchev–Trinajstić information content (AvgIpc) is 3.12. The van der Waals surface area contributed by atoms with Crippen LogP contribution in [0.3, 0.4) is 0 Å². The van der Waals surface area contributed by atoms with Crippen LogP contribution in [0.4, 0.5) is 10.1 Å². The molecule has 0 saturated heterocycles. The van der Waals surface area contributed by atoms with E-state index in [1.165, 1.54) is 12.1 Å². The van der Waals surface area contributed by atoms with E-state index in [9.17, 15) is 9.18 Å². The van der Waals surface area contributed by atoms with E-state index in [-0.39, 0.29) is 24.7 Å². The number of hydrogen-bond donors (Lipinski definition) is 1. The van der Waals surface area contributed by atoms with Gasteiger partial charge in [-0.25, -0.2) is 14.4 Å². The number of carbonyl (C=O) groups excluding carboxylic acids is 1. The monoisotopic (exact) mass is 326 g/mol. The fourth-order valence-corrected chi connectivity index (χ4v) is 2.05. The third-order valence-corrected chi connectivity index (χ3v) is 3.22. The predicted molar refractivity (Wildman–Crippen MR) is 86.5 cm³/mol. The highest BCUT2D eigenvalue weighted by atomic mass is 19.1. The van der Waals surface area contributed by atoms with Crippen molar-refractivity contribution in [3.8, 4) is 11.6 Å². The number of ether oxygens (including phenoxy) is 1. The van der Waals surface area contributed by atoms with Crippen LogP contribution in [-0.4, -0.2) is 27.0 Å². The molecule has 1 N–H and O–H groups in total. The molecule has 1 amide bonds. The molecule has 0 fully saturated rings. The molecule has 0 spiro atoms. The standard InChI is InChI=1S/C17H15FN4O2/c18-14-3-1-2-4-15(14)24-10-7-17(23)21-13-5-6-16(20-11-13)22-9-8-19-12-22/h1-6,8-9,11-12H,7,10H2,(H,21,23). The number of pyridine rings is 1. The summed E-state index contributed by atoms with van der Waals surface area (Å²) in [7, 11) is 0. The van der Waals surface area contributed by atoms with Gasteiger partial charge in [0.15, 0.2) is 11.6 Å². The first-order valence-corrected chi connectivity index (χ1v) is 7.34. The Morgan fingerprint density at radius 2 is 2.12 bits per heavy atom. The normalized spacial score (nSPS) is 10.4. The second-order valence-electron chi connectivity index (χ2n) is 4.95. The topological polar surface area (TPSA) is 69.0 Å². The van der Waals surface area contributed by atoms with Gasteiger partial charge in [-0.15, -0.1) is 0 Å². The van der Waals surface area contributed by atoms with Crippen LogP contribution in [0.1, 0.15) is 6.42 Å². The average molecular weight is 326 g/mol. The van der Waals surface area contributed by atoms with Crippen LogP contribution >= 0.6 is 0 Å². The summed E-state index contributed by atoms with van der Waals surface area (Å²) in [5.41, 5.74) is 0.578. The van der Waals surface area contributed by atoms with Crippen molar-refractivity contribution < 1.29 is 13.9 Å². The predicted octanol–water partition coefficient (Wildman–Crippen LogP) is 2.81. The van der Waals surface area contributed by atoms with Crippen LogP contribution in [0, 0.1) is 5.82 Å². The molecule has 24 heavy (non-hydrogen) atoms. The van der Waals surface area contributed by atoms with Crippen LogP contribution in [0.2, 0.25) is 0 Å². The number of aromatic nitrogens is 3. The third kappa shape index (κ3) is 3.95. The smallest absolute Gasteiger partial charge is 0.227 e. The third-order valence-electron chi connectivity index (χ3n) is 3.22. The van der Waals surface area contributed by atoms with E-state index >= 15 is 0 Å². The molecule has 0 atom stereocenters. The van der Waals surface area contributed by atoms with Gasteiger partial charge in [0.05, 0.1) is 24.9 Å². The van der Waals surface area contributed by atoms with Gasteiger partial charge in [-0.2, -0.15) is 0 Å². The Hall–Kier alpha value is -3.22. The van der Waals surface area contributed by atoms with Crippen LogP contribution in [0.25, 0.3) is 5.82 Å². The van der Waals surface area contributed by atoms with E-state index in [1.54, 1.807) is 53.8 Å². The Labute approximate surface area is 137 Å². The van der Waals surface area contributed by atoms with E-state index in [4.69, 9.17) is 4.74 Å². The summed E-state index contributed by atoms with van der Waals surface area (Å²) in [4.78, 5) is 20.1. The van der Waals surface area contributed by atoms with Crippen LogP contribution in [0.5, 0.6) is 5.75 Å². The quantitative estimate of drug-likeness (QED) is 0.756. The molecule has 0 radical (unpaired) electrons. The van der Waals surface area contributed by atoms with Gasteiger partial charge in [-0.05, 0) is 24.3 Å². The Morgan fingerprint density at radius 1 is 1.25 bits per heavy atom. The maximum Gasteiger partial charge on any atom is 0.227 e. The van der Waals surface area contributed by atoms with Gasteiger partial charge in [0, 0.05) is 12.4 Å². The van der Waals surface area contributed by atoms with Crippen molar-refractivity contribution in [2.75, 3.05) is 11.9 Å². The lowest BCUT2D eigenvalue weighted by Crippen LogP contribution is -2.15. The number of imidazole rings is 1. The fraction of sp³-hybridized carbons (Fsp3) is 0.118. The lowest BCUT2D eigenvalue weighted by atomic mass is 10.3.